The second-order valence-electron chi connectivity index (χ2n) is 5.56. The van der Waals surface area contributed by atoms with Gasteiger partial charge in [-0.1, -0.05) is 23.7 Å². The van der Waals surface area contributed by atoms with E-state index in [0.29, 0.717) is 19.5 Å². The number of fused-ring (bicyclic) bond motifs is 1. The van der Waals surface area contributed by atoms with Gasteiger partial charge in [0.25, 0.3) is 5.91 Å². The lowest BCUT2D eigenvalue weighted by Crippen LogP contribution is -2.44. The van der Waals surface area contributed by atoms with E-state index in [1.807, 2.05) is 18.2 Å². The summed E-state index contributed by atoms with van der Waals surface area (Å²) in [5.41, 5.74) is 2.09. The third-order valence-electron chi connectivity index (χ3n) is 4.09. The minimum absolute atomic E-state index is 0.0323. The molecule has 0 saturated carbocycles. The molecule has 0 aromatic heterocycles. The molecule has 0 N–H and O–H groups in total. The summed E-state index contributed by atoms with van der Waals surface area (Å²) in [6, 6.07) is 5.23. The second kappa shape index (κ2) is 5.61. The van der Waals surface area contributed by atoms with E-state index in [1.54, 1.807) is 11.9 Å². The quantitative estimate of drug-likeness (QED) is 0.767. The number of rotatable bonds is 2. The predicted octanol–water partition coefficient (Wildman–Crippen LogP) is 1.12. The molecule has 0 spiro atoms. The third-order valence-corrected chi connectivity index (χ3v) is 4.44. The Morgan fingerprint density at radius 1 is 1.27 bits per heavy atom. The van der Waals surface area contributed by atoms with Crippen LogP contribution in [0.1, 0.15) is 11.1 Å². The van der Waals surface area contributed by atoms with Crippen molar-refractivity contribution in [2.24, 2.45) is 0 Å². The van der Waals surface area contributed by atoms with Crippen LogP contribution < -0.4 is 0 Å². The maximum Gasteiger partial charge on any atom is 0.327 e. The van der Waals surface area contributed by atoms with Crippen molar-refractivity contribution in [2.75, 3.05) is 26.7 Å². The summed E-state index contributed by atoms with van der Waals surface area (Å²) in [4.78, 5) is 39.9. The molecule has 2 aliphatic rings. The molecule has 7 heteroatoms. The molecule has 1 fully saturated rings. The lowest BCUT2D eigenvalue weighted by atomic mass is 10.00. The number of amides is 4. The molecule has 3 rings (SSSR count). The van der Waals surface area contributed by atoms with E-state index in [4.69, 9.17) is 11.6 Å². The Labute approximate surface area is 133 Å². The Kier molecular flexibility index (Phi) is 3.78. The average molecular weight is 322 g/mol. The number of halogens is 1. The number of likely N-dealkylation sites (N-methyl/N-ethyl adjacent to an activating group) is 1. The number of nitrogens with zero attached hydrogens (tertiary/aromatic N) is 3. The van der Waals surface area contributed by atoms with Crippen LogP contribution in [0.25, 0.3) is 0 Å². The number of urea groups is 1. The van der Waals surface area contributed by atoms with Crippen LogP contribution in [-0.2, 0) is 22.6 Å². The molecule has 22 heavy (non-hydrogen) atoms. The van der Waals surface area contributed by atoms with Gasteiger partial charge in [0, 0.05) is 25.2 Å². The van der Waals surface area contributed by atoms with E-state index >= 15 is 0 Å². The van der Waals surface area contributed by atoms with Gasteiger partial charge >= 0.3 is 6.03 Å². The number of benzene rings is 1. The van der Waals surface area contributed by atoms with Crippen molar-refractivity contribution < 1.29 is 14.4 Å². The van der Waals surface area contributed by atoms with E-state index in [-0.39, 0.29) is 24.9 Å². The third kappa shape index (κ3) is 2.54. The molecule has 4 amide bonds. The Bertz CT molecular complexity index is 661. The first-order valence-corrected chi connectivity index (χ1v) is 7.44. The number of carbonyl (C=O) groups excluding carboxylic acids is 3. The van der Waals surface area contributed by atoms with E-state index in [2.05, 4.69) is 0 Å². The highest BCUT2D eigenvalue weighted by molar-refractivity contribution is 6.31. The molecule has 0 unspecified atom stereocenters. The van der Waals surface area contributed by atoms with Crippen LogP contribution >= 0.6 is 11.6 Å². The molecule has 0 bridgehead atoms. The van der Waals surface area contributed by atoms with Gasteiger partial charge in [-0.2, -0.15) is 0 Å². The normalized spacial score (nSPS) is 18.0. The van der Waals surface area contributed by atoms with Crippen molar-refractivity contribution in [3.8, 4) is 0 Å². The molecular formula is C15H16ClN3O3. The van der Waals surface area contributed by atoms with Gasteiger partial charge in [0.15, 0.2) is 0 Å². The van der Waals surface area contributed by atoms with Crippen molar-refractivity contribution in [3.63, 3.8) is 0 Å². The molecule has 0 aliphatic carbocycles. The first kappa shape index (κ1) is 14.8. The summed E-state index contributed by atoms with van der Waals surface area (Å²) in [5.74, 6) is -0.552. The fourth-order valence-electron chi connectivity index (χ4n) is 2.84. The molecule has 6 nitrogen and oxygen atoms in total. The molecule has 1 aromatic rings. The molecule has 1 aromatic carbocycles. The van der Waals surface area contributed by atoms with Gasteiger partial charge in [-0.05, 0) is 23.6 Å². The van der Waals surface area contributed by atoms with E-state index in [9.17, 15) is 14.4 Å². The molecule has 116 valence electrons. The number of imide groups is 1. The first-order chi connectivity index (χ1) is 10.5. The summed E-state index contributed by atoms with van der Waals surface area (Å²) in [7, 11) is 1.55. The van der Waals surface area contributed by atoms with Crippen molar-refractivity contribution in [2.45, 2.75) is 13.0 Å². The highest BCUT2D eigenvalue weighted by Crippen LogP contribution is 2.26. The SMILES string of the molecule is CN1CC(=O)N(CC(=O)N2CCc3c(Cl)cccc3C2)C1=O. The van der Waals surface area contributed by atoms with Gasteiger partial charge in [0.05, 0.1) is 0 Å². The fourth-order valence-corrected chi connectivity index (χ4v) is 3.12. The van der Waals surface area contributed by atoms with Gasteiger partial charge in [0.2, 0.25) is 5.91 Å². The van der Waals surface area contributed by atoms with Gasteiger partial charge in [-0.15, -0.1) is 0 Å². The lowest BCUT2D eigenvalue weighted by Gasteiger charge is -2.30. The van der Waals surface area contributed by atoms with Crippen molar-refractivity contribution >= 4 is 29.4 Å². The summed E-state index contributed by atoms with van der Waals surface area (Å²) >= 11 is 6.15. The van der Waals surface area contributed by atoms with Crippen LogP contribution in [0.2, 0.25) is 5.02 Å². The topological polar surface area (TPSA) is 60.9 Å². The number of hydrogen-bond donors (Lipinski definition) is 0. The van der Waals surface area contributed by atoms with Gasteiger partial charge in [-0.25, -0.2) is 4.79 Å². The van der Waals surface area contributed by atoms with E-state index in [1.165, 1.54) is 4.90 Å². The van der Waals surface area contributed by atoms with Gasteiger partial charge in [0.1, 0.15) is 13.1 Å². The minimum Gasteiger partial charge on any atom is -0.336 e. The Morgan fingerprint density at radius 3 is 2.73 bits per heavy atom. The molecule has 0 atom stereocenters. The zero-order valence-corrected chi connectivity index (χ0v) is 13.0. The molecule has 0 radical (unpaired) electrons. The highest BCUT2D eigenvalue weighted by atomic mass is 35.5. The van der Waals surface area contributed by atoms with E-state index in [0.717, 1.165) is 21.0 Å². The predicted molar refractivity (Wildman–Crippen MR) is 80.3 cm³/mol. The first-order valence-electron chi connectivity index (χ1n) is 7.07. The van der Waals surface area contributed by atoms with Crippen LogP contribution in [-0.4, -0.2) is 59.2 Å². The fraction of sp³-hybridized carbons (Fsp3) is 0.400. The lowest BCUT2D eigenvalue weighted by molar-refractivity contribution is -0.137. The zero-order valence-electron chi connectivity index (χ0n) is 12.2. The van der Waals surface area contributed by atoms with Crippen molar-refractivity contribution in [1.82, 2.24) is 14.7 Å². The number of hydrogen-bond acceptors (Lipinski definition) is 3. The van der Waals surface area contributed by atoms with Gasteiger partial charge < -0.3 is 9.80 Å². The maximum atomic E-state index is 12.4. The van der Waals surface area contributed by atoms with Crippen molar-refractivity contribution in [1.29, 1.82) is 0 Å². The minimum atomic E-state index is -0.418. The summed E-state index contributed by atoms with van der Waals surface area (Å²) in [6.45, 7) is 0.838. The largest absolute Gasteiger partial charge is 0.336 e. The summed E-state index contributed by atoms with van der Waals surface area (Å²) in [5, 5.41) is 0.719. The monoisotopic (exact) mass is 321 g/mol. The molecular weight excluding hydrogens is 306 g/mol. The molecule has 2 heterocycles. The van der Waals surface area contributed by atoms with E-state index < -0.39 is 6.03 Å². The van der Waals surface area contributed by atoms with Gasteiger partial charge in [-0.3, -0.25) is 14.5 Å². The Balaban J connectivity index is 1.70. The van der Waals surface area contributed by atoms with Crippen LogP contribution in [0.15, 0.2) is 18.2 Å². The van der Waals surface area contributed by atoms with Crippen molar-refractivity contribution in [3.05, 3.63) is 34.3 Å². The number of carbonyl (C=O) groups is 3. The Morgan fingerprint density at radius 2 is 2.05 bits per heavy atom. The molecule has 1 saturated heterocycles. The summed E-state index contributed by atoms with van der Waals surface area (Å²) in [6.07, 6.45) is 0.683. The second-order valence-corrected chi connectivity index (χ2v) is 5.97. The highest BCUT2D eigenvalue weighted by Gasteiger charge is 2.36. The van der Waals surface area contributed by atoms with Crippen LogP contribution in [0.4, 0.5) is 4.79 Å². The Hall–Kier alpha value is -2.08. The smallest absolute Gasteiger partial charge is 0.327 e. The maximum absolute atomic E-state index is 12.4. The molecule has 2 aliphatic heterocycles. The average Bonchev–Trinajstić information content (AvgIpc) is 2.73. The standard InChI is InChI=1S/C15H16ClN3O3/c1-17-8-14(21)19(15(17)22)9-13(20)18-6-5-11-10(7-18)3-2-4-12(11)16/h2-4H,5-9H2,1H3. The summed E-state index contributed by atoms with van der Waals surface area (Å²) < 4.78 is 0. The van der Waals surface area contributed by atoms with Crippen LogP contribution in [0, 0.1) is 0 Å². The van der Waals surface area contributed by atoms with Crippen LogP contribution in [0.5, 0.6) is 0 Å². The zero-order chi connectivity index (χ0) is 15.9. The van der Waals surface area contributed by atoms with Crippen LogP contribution in [0.3, 0.4) is 0 Å².